The van der Waals surface area contributed by atoms with Crippen LogP contribution < -0.4 is 0 Å². The van der Waals surface area contributed by atoms with Gasteiger partial charge in [-0.25, -0.2) is 9.13 Å². The van der Waals surface area contributed by atoms with Gasteiger partial charge >= 0.3 is 39.5 Å². The van der Waals surface area contributed by atoms with Crippen LogP contribution in [0.3, 0.4) is 0 Å². The first-order valence-electron chi connectivity index (χ1n) is 40.1. The lowest BCUT2D eigenvalue weighted by atomic mass is 10.0. The third kappa shape index (κ3) is 70.5. The minimum atomic E-state index is -4.96. The monoisotopic (exact) mass is 1410 g/mol. The number of phosphoric acid groups is 2. The molecule has 0 aromatic carbocycles. The van der Waals surface area contributed by atoms with Crippen LogP contribution in [0.5, 0.6) is 0 Å². The van der Waals surface area contributed by atoms with E-state index in [0.717, 1.165) is 102 Å². The molecule has 3 N–H and O–H groups in total. The number of hydrogen-bond donors (Lipinski definition) is 3. The minimum Gasteiger partial charge on any atom is -0.462 e. The Labute approximate surface area is 588 Å². The number of rotatable bonds is 77. The molecule has 0 saturated heterocycles. The first-order valence-corrected chi connectivity index (χ1v) is 43.1. The Morgan fingerprint density at radius 1 is 0.281 bits per heavy atom. The lowest BCUT2D eigenvalue weighted by Gasteiger charge is -2.21. The summed E-state index contributed by atoms with van der Waals surface area (Å²) in [6.07, 6.45) is 60.2. The first kappa shape index (κ1) is 94.1. The van der Waals surface area contributed by atoms with Crippen LogP contribution in [0.15, 0.2) is 0 Å². The van der Waals surface area contributed by atoms with E-state index in [0.29, 0.717) is 25.7 Å². The van der Waals surface area contributed by atoms with Gasteiger partial charge in [0.05, 0.1) is 26.4 Å². The average molecular weight is 1410 g/mol. The molecule has 19 heteroatoms. The number of esters is 4. The third-order valence-electron chi connectivity index (χ3n) is 18.0. The second-order valence-corrected chi connectivity index (χ2v) is 31.1. The van der Waals surface area contributed by atoms with Gasteiger partial charge in [0.15, 0.2) is 12.2 Å². The summed E-state index contributed by atoms with van der Waals surface area (Å²) in [5.74, 6) is -1.37. The van der Waals surface area contributed by atoms with E-state index in [9.17, 15) is 43.2 Å². The number of hydrogen-bond acceptors (Lipinski definition) is 15. The van der Waals surface area contributed by atoms with Crippen molar-refractivity contribution in [3.8, 4) is 0 Å². The molecule has 0 heterocycles. The van der Waals surface area contributed by atoms with E-state index in [-0.39, 0.29) is 25.7 Å². The highest BCUT2D eigenvalue weighted by atomic mass is 31.2. The number of ether oxygens (including phenoxy) is 4. The molecule has 0 aliphatic heterocycles. The first-order chi connectivity index (χ1) is 46.5. The van der Waals surface area contributed by atoms with E-state index in [4.69, 9.17) is 37.0 Å². The zero-order valence-corrected chi connectivity index (χ0v) is 64.3. The third-order valence-corrected chi connectivity index (χ3v) is 19.9. The predicted octanol–water partition coefficient (Wildman–Crippen LogP) is 22.9. The molecule has 0 radical (unpaired) electrons. The molecular formula is C77H150O17P2. The lowest BCUT2D eigenvalue weighted by molar-refractivity contribution is -0.161. The van der Waals surface area contributed by atoms with Gasteiger partial charge in [-0.05, 0) is 31.6 Å². The van der Waals surface area contributed by atoms with Crippen LogP contribution in [0.2, 0.25) is 0 Å². The molecule has 570 valence electrons. The SMILES string of the molecule is CCCCCCCCCCCCCCCCCCCCCCC(=O)O[C@H](COC(=O)CCCCCCCCCCCCCCCCCCCC)COP(=O)(O)OC[C@@H](O)COP(=O)(O)OC[C@@H](COC(=O)CCCCCCC)OC(=O)CCCCCCCCCCCCC(C)C. The van der Waals surface area contributed by atoms with Gasteiger partial charge in [0, 0.05) is 25.7 Å². The van der Waals surface area contributed by atoms with Gasteiger partial charge in [0.1, 0.15) is 19.3 Å². The fourth-order valence-corrected chi connectivity index (χ4v) is 13.5. The highest BCUT2D eigenvalue weighted by molar-refractivity contribution is 7.47. The van der Waals surface area contributed by atoms with Crippen molar-refractivity contribution in [1.29, 1.82) is 0 Å². The van der Waals surface area contributed by atoms with E-state index in [2.05, 4.69) is 34.6 Å². The topological polar surface area (TPSA) is 237 Å². The number of carbonyl (C=O) groups is 4. The molecule has 17 nitrogen and oxygen atoms in total. The van der Waals surface area contributed by atoms with Crippen molar-refractivity contribution in [2.24, 2.45) is 5.92 Å². The summed E-state index contributed by atoms with van der Waals surface area (Å²) in [5.41, 5.74) is 0. The van der Waals surface area contributed by atoms with Crippen LogP contribution in [0, 0.1) is 5.92 Å². The quantitative estimate of drug-likeness (QED) is 0.0222. The summed E-state index contributed by atoms with van der Waals surface area (Å²) in [7, 11) is -9.90. The van der Waals surface area contributed by atoms with E-state index in [1.165, 1.54) is 225 Å². The zero-order valence-electron chi connectivity index (χ0n) is 62.5. The summed E-state index contributed by atoms with van der Waals surface area (Å²) in [6.45, 7) is 7.20. The number of aliphatic hydroxyl groups is 1. The molecule has 0 saturated carbocycles. The van der Waals surface area contributed by atoms with Gasteiger partial charge in [-0.2, -0.15) is 0 Å². The minimum absolute atomic E-state index is 0.105. The van der Waals surface area contributed by atoms with Crippen molar-refractivity contribution in [3.63, 3.8) is 0 Å². The summed E-state index contributed by atoms with van der Waals surface area (Å²) in [6, 6.07) is 0. The van der Waals surface area contributed by atoms with Crippen molar-refractivity contribution < 1.29 is 80.2 Å². The largest absolute Gasteiger partial charge is 0.472 e. The van der Waals surface area contributed by atoms with Crippen LogP contribution in [0.25, 0.3) is 0 Å². The van der Waals surface area contributed by atoms with Crippen LogP contribution in [-0.4, -0.2) is 96.7 Å². The van der Waals surface area contributed by atoms with Crippen LogP contribution in [0.1, 0.15) is 407 Å². The van der Waals surface area contributed by atoms with Gasteiger partial charge in [0.25, 0.3) is 0 Å². The summed E-state index contributed by atoms with van der Waals surface area (Å²) < 4.78 is 68.3. The number of carbonyl (C=O) groups excluding carboxylic acids is 4. The fraction of sp³-hybridized carbons (Fsp3) is 0.948. The molecule has 0 fully saturated rings. The maximum absolute atomic E-state index is 13.1. The van der Waals surface area contributed by atoms with E-state index >= 15 is 0 Å². The van der Waals surface area contributed by atoms with Crippen molar-refractivity contribution in [3.05, 3.63) is 0 Å². The molecule has 0 spiro atoms. The molecule has 96 heavy (non-hydrogen) atoms. The van der Waals surface area contributed by atoms with Crippen molar-refractivity contribution >= 4 is 39.5 Å². The molecule has 0 aliphatic rings. The Kier molecular flexibility index (Phi) is 68.7. The molecule has 0 bridgehead atoms. The van der Waals surface area contributed by atoms with E-state index in [1.54, 1.807) is 0 Å². The average Bonchev–Trinajstić information content (AvgIpc) is 3.75. The second-order valence-electron chi connectivity index (χ2n) is 28.2. The van der Waals surface area contributed by atoms with Crippen LogP contribution >= 0.6 is 15.6 Å². The molecule has 5 atom stereocenters. The number of aliphatic hydroxyl groups excluding tert-OH is 1. The van der Waals surface area contributed by atoms with Gasteiger partial charge < -0.3 is 33.8 Å². The Morgan fingerprint density at radius 2 is 0.479 bits per heavy atom. The van der Waals surface area contributed by atoms with Crippen molar-refractivity contribution in [1.82, 2.24) is 0 Å². The van der Waals surface area contributed by atoms with Gasteiger partial charge in [-0.3, -0.25) is 37.3 Å². The van der Waals surface area contributed by atoms with Crippen LogP contribution in [-0.2, 0) is 65.4 Å². The molecular weight excluding hydrogens is 1260 g/mol. The number of phosphoric ester groups is 2. The second kappa shape index (κ2) is 70.1. The standard InChI is InChI=1S/C77H150O17P2/c1-6-9-12-15-17-19-21-23-25-27-29-30-32-34-36-38-43-47-52-57-62-77(82)94-73(67-88-75(80)61-56-51-46-42-37-35-33-31-28-26-24-22-20-18-16-13-10-7-2)69-92-96(85,86)90-65-71(78)64-89-95(83,84)91-68-72(66-87-74(79)60-55-49-14-11-8-3)93-76(81)63-58-53-48-44-40-39-41-45-50-54-59-70(4)5/h70-73,78H,6-69H2,1-5H3,(H,83,84)(H,85,86)/t71-,72+,73+/m0/s1. The molecule has 0 amide bonds. The van der Waals surface area contributed by atoms with Crippen molar-refractivity contribution in [2.75, 3.05) is 39.6 Å². The Morgan fingerprint density at radius 3 is 0.708 bits per heavy atom. The highest BCUT2D eigenvalue weighted by Gasteiger charge is 2.30. The Hall–Kier alpha value is -1.94. The fourth-order valence-electron chi connectivity index (χ4n) is 11.9. The maximum atomic E-state index is 13.1. The van der Waals surface area contributed by atoms with Gasteiger partial charge in [0.2, 0.25) is 0 Å². The van der Waals surface area contributed by atoms with E-state index in [1.807, 2.05) is 0 Å². The molecule has 2 unspecified atom stereocenters. The summed E-state index contributed by atoms with van der Waals surface area (Å²) >= 11 is 0. The normalized spacial score (nSPS) is 13.9. The lowest BCUT2D eigenvalue weighted by Crippen LogP contribution is -2.30. The predicted molar refractivity (Wildman–Crippen MR) is 391 cm³/mol. The molecule has 0 aromatic rings. The van der Waals surface area contributed by atoms with Gasteiger partial charge in [-0.15, -0.1) is 0 Å². The molecule has 0 rings (SSSR count). The van der Waals surface area contributed by atoms with Crippen LogP contribution in [0.4, 0.5) is 0 Å². The molecule has 0 aromatic heterocycles. The van der Waals surface area contributed by atoms with Crippen molar-refractivity contribution in [2.45, 2.75) is 425 Å². The molecule has 0 aliphatic carbocycles. The smallest absolute Gasteiger partial charge is 0.462 e. The number of unbranched alkanes of at least 4 members (excludes halogenated alkanes) is 49. The Balaban J connectivity index is 5.13. The van der Waals surface area contributed by atoms with E-state index < -0.39 is 97.5 Å². The zero-order chi connectivity index (χ0) is 70.5. The summed E-state index contributed by atoms with van der Waals surface area (Å²) in [5, 5.41) is 10.6. The Bertz CT molecular complexity index is 1840. The summed E-state index contributed by atoms with van der Waals surface area (Å²) in [4.78, 5) is 72.6. The highest BCUT2D eigenvalue weighted by Crippen LogP contribution is 2.45. The van der Waals surface area contributed by atoms with Gasteiger partial charge in [-0.1, -0.05) is 356 Å². The maximum Gasteiger partial charge on any atom is 0.472 e.